The van der Waals surface area contributed by atoms with Gasteiger partial charge in [0.05, 0.1) is 0 Å². The zero-order chi connectivity index (χ0) is 16.2. The van der Waals surface area contributed by atoms with Crippen LogP contribution in [0.15, 0.2) is 20.7 Å². The third-order valence-corrected chi connectivity index (χ3v) is 3.79. The smallest absolute Gasteiger partial charge is 0.325 e. The zero-order valence-electron chi connectivity index (χ0n) is 10.3. The van der Waals surface area contributed by atoms with Crippen molar-refractivity contribution in [2.75, 3.05) is 0 Å². The molecule has 116 valence electrons. The molecule has 1 heterocycles. The molecule has 1 rings (SSSR count). The zero-order valence-corrected chi connectivity index (χ0v) is 11.1. The molecule has 0 unspecified atom stereocenters. The number of rotatable bonds is 7. The highest BCUT2D eigenvalue weighted by Gasteiger charge is 2.27. The van der Waals surface area contributed by atoms with Crippen LogP contribution in [-0.4, -0.2) is 46.6 Å². The summed E-state index contributed by atoms with van der Waals surface area (Å²) in [4.78, 5) is 46.2. The molecule has 0 saturated heterocycles. The maximum atomic E-state index is 11.9. The molecule has 0 bridgehead atoms. The normalized spacial score (nSPS) is 12.8. The van der Waals surface area contributed by atoms with Crippen LogP contribution >= 0.6 is 0 Å². The molecule has 0 aliphatic carbocycles. The van der Waals surface area contributed by atoms with Crippen molar-refractivity contribution in [3.05, 3.63) is 27.0 Å². The van der Waals surface area contributed by atoms with Crippen LogP contribution in [0.3, 0.4) is 0 Å². The van der Waals surface area contributed by atoms with Crippen LogP contribution in [0.5, 0.6) is 0 Å². The van der Waals surface area contributed by atoms with Crippen LogP contribution in [0.4, 0.5) is 0 Å². The molecule has 5 N–H and O–H groups in total. The van der Waals surface area contributed by atoms with E-state index in [-0.39, 0.29) is 0 Å². The lowest BCUT2D eigenvalue weighted by Crippen LogP contribution is -2.43. The van der Waals surface area contributed by atoms with E-state index in [1.165, 1.54) is 0 Å². The summed E-state index contributed by atoms with van der Waals surface area (Å²) in [5.41, 5.74) is -2.16. The van der Waals surface area contributed by atoms with Crippen LogP contribution in [0, 0.1) is 0 Å². The summed E-state index contributed by atoms with van der Waals surface area (Å²) >= 11 is 0. The van der Waals surface area contributed by atoms with Crippen LogP contribution in [0.1, 0.15) is 12.8 Å². The Morgan fingerprint density at radius 2 is 1.90 bits per heavy atom. The first kappa shape index (κ1) is 16.6. The summed E-state index contributed by atoms with van der Waals surface area (Å²) in [5, 5.41) is 17.3. The lowest BCUT2D eigenvalue weighted by Gasteiger charge is -2.13. The second-order valence-electron chi connectivity index (χ2n) is 3.88. The fraction of sp³-hybridized carbons (Fsp3) is 0.333. The van der Waals surface area contributed by atoms with Gasteiger partial charge in [0.25, 0.3) is 5.56 Å². The van der Waals surface area contributed by atoms with Gasteiger partial charge in [0.2, 0.25) is 10.0 Å². The fourth-order valence-electron chi connectivity index (χ4n) is 1.35. The lowest BCUT2D eigenvalue weighted by atomic mass is 10.2. The Kier molecular flexibility index (Phi) is 4.99. The molecule has 12 heteroatoms. The van der Waals surface area contributed by atoms with Gasteiger partial charge in [-0.15, -0.1) is 0 Å². The molecule has 1 atom stereocenters. The minimum absolute atomic E-state index is 0.509. The molecule has 0 amide bonds. The molecular formula is C9H11N3O8S. The Balaban J connectivity index is 3.06. The number of H-pyrrole nitrogens is 2. The van der Waals surface area contributed by atoms with Gasteiger partial charge in [-0.25, -0.2) is 13.2 Å². The fourth-order valence-corrected chi connectivity index (χ4v) is 2.58. The number of nitrogens with one attached hydrogen (secondary N) is 3. The van der Waals surface area contributed by atoms with E-state index >= 15 is 0 Å². The number of carbonyl (C=O) groups is 2. The van der Waals surface area contributed by atoms with Crippen LogP contribution in [0.2, 0.25) is 0 Å². The summed E-state index contributed by atoms with van der Waals surface area (Å²) in [6.45, 7) is 0. The number of aromatic nitrogens is 2. The van der Waals surface area contributed by atoms with Crippen LogP contribution in [-0.2, 0) is 19.6 Å². The van der Waals surface area contributed by atoms with Crippen molar-refractivity contribution in [3.8, 4) is 0 Å². The van der Waals surface area contributed by atoms with Crippen LogP contribution < -0.4 is 16.0 Å². The molecule has 0 fully saturated rings. The maximum Gasteiger partial charge on any atom is 0.325 e. The van der Waals surface area contributed by atoms with Gasteiger partial charge in [0.1, 0.15) is 6.04 Å². The average Bonchev–Trinajstić information content (AvgIpc) is 2.33. The van der Waals surface area contributed by atoms with E-state index in [0.29, 0.717) is 6.20 Å². The highest BCUT2D eigenvalue weighted by Crippen LogP contribution is 2.05. The Labute approximate surface area is 116 Å². The molecule has 0 spiro atoms. The van der Waals surface area contributed by atoms with Gasteiger partial charge >= 0.3 is 17.6 Å². The van der Waals surface area contributed by atoms with Crippen molar-refractivity contribution >= 4 is 22.0 Å². The van der Waals surface area contributed by atoms with Crippen molar-refractivity contribution in [1.82, 2.24) is 14.7 Å². The number of carboxylic acids is 2. The topological polar surface area (TPSA) is 186 Å². The van der Waals surface area contributed by atoms with Crippen molar-refractivity contribution in [3.63, 3.8) is 0 Å². The summed E-state index contributed by atoms with van der Waals surface area (Å²) in [7, 11) is -4.54. The number of aliphatic carboxylic acids is 2. The van der Waals surface area contributed by atoms with Gasteiger partial charge < -0.3 is 15.2 Å². The number of hydrogen-bond acceptors (Lipinski definition) is 6. The lowest BCUT2D eigenvalue weighted by molar-refractivity contribution is -0.140. The highest BCUT2D eigenvalue weighted by atomic mass is 32.2. The van der Waals surface area contributed by atoms with Gasteiger partial charge in [-0.2, -0.15) is 4.72 Å². The van der Waals surface area contributed by atoms with Crippen molar-refractivity contribution in [2.24, 2.45) is 0 Å². The summed E-state index contributed by atoms with van der Waals surface area (Å²) in [6.07, 6.45) is -0.480. The minimum atomic E-state index is -4.54. The van der Waals surface area contributed by atoms with Crippen LogP contribution in [0.25, 0.3) is 0 Å². The molecule has 1 aromatic heterocycles. The van der Waals surface area contributed by atoms with E-state index in [4.69, 9.17) is 10.2 Å². The van der Waals surface area contributed by atoms with Crippen molar-refractivity contribution < 1.29 is 28.2 Å². The molecule has 21 heavy (non-hydrogen) atoms. The maximum absolute atomic E-state index is 11.9. The standard InChI is InChI=1S/C9H11N3O8S/c13-6(14)2-1-4(8(16)17)12-21(19,20)5-3-10-9(18)11-7(5)15/h3-4,12H,1-2H2,(H,13,14)(H,16,17)(H2,10,11,15,18)/t4-/m0/s1. The second-order valence-corrected chi connectivity index (χ2v) is 5.56. The van der Waals surface area contributed by atoms with E-state index in [2.05, 4.69) is 0 Å². The van der Waals surface area contributed by atoms with Gasteiger partial charge in [0, 0.05) is 12.6 Å². The molecule has 0 aromatic carbocycles. The summed E-state index contributed by atoms with van der Waals surface area (Å²) in [5.74, 6) is -2.90. The van der Waals surface area contributed by atoms with Gasteiger partial charge in [-0.3, -0.25) is 19.4 Å². The number of aromatic amines is 2. The predicted octanol–water partition coefficient (Wildman–Crippen LogP) is -2.34. The molecule has 0 radical (unpaired) electrons. The third kappa shape index (κ3) is 4.54. The van der Waals surface area contributed by atoms with Crippen molar-refractivity contribution in [2.45, 2.75) is 23.8 Å². The second kappa shape index (κ2) is 6.32. The first-order chi connectivity index (χ1) is 9.63. The van der Waals surface area contributed by atoms with Gasteiger partial charge in [-0.1, -0.05) is 0 Å². The van der Waals surface area contributed by atoms with E-state index in [9.17, 15) is 27.6 Å². The Morgan fingerprint density at radius 1 is 1.29 bits per heavy atom. The highest BCUT2D eigenvalue weighted by molar-refractivity contribution is 7.89. The molecule has 0 saturated carbocycles. The largest absolute Gasteiger partial charge is 0.481 e. The van der Waals surface area contributed by atoms with Crippen molar-refractivity contribution in [1.29, 1.82) is 0 Å². The minimum Gasteiger partial charge on any atom is -0.481 e. The summed E-state index contributed by atoms with van der Waals surface area (Å²) < 4.78 is 25.4. The molecule has 1 aromatic rings. The number of sulfonamides is 1. The van der Waals surface area contributed by atoms with E-state index in [1.807, 2.05) is 4.98 Å². The van der Waals surface area contributed by atoms with E-state index in [0.717, 1.165) is 0 Å². The quantitative estimate of drug-likeness (QED) is 0.369. The molecule has 0 aliphatic rings. The van der Waals surface area contributed by atoms with E-state index in [1.54, 1.807) is 9.71 Å². The third-order valence-electron chi connectivity index (χ3n) is 2.32. The Hall–Kier alpha value is -2.47. The molecule has 11 nitrogen and oxygen atoms in total. The predicted molar refractivity (Wildman–Crippen MR) is 66.3 cm³/mol. The first-order valence-corrected chi connectivity index (χ1v) is 6.90. The number of carboxylic acid groups (broad SMARTS) is 2. The Morgan fingerprint density at radius 3 is 2.38 bits per heavy atom. The Bertz CT molecular complexity index is 762. The average molecular weight is 321 g/mol. The number of hydrogen-bond donors (Lipinski definition) is 5. The van der Waals surface area contributed by atoms with Gasteiger partial charge in [0.15, 0.2) is 4.90 Å². The molecular weight excluding hydrogens is 310 g/mol. The summed E-state index contributed by atoms with van der Waals surface area (Å²) in [6, 6.07) is -1.72. The first-order valence-electron chi connectivity index (χ1n) is 5.42. The molecule has 0 aliphatic heterocycles. The SMILES string of the molecule is O=C(O)CC[C@H](NS(=O)(=O)c1c[nH]c(=O)[nH]c1=O)C(=O)O. The van der Waals surface area contributed by atoms with E-state index < -0.39 is 57.0 Å². The van der Waals surface area contributed by atoms with Gasteiger partial charge in [-0.05, 0) is 6.42 Å². The monoisotopic (exact) mass is 321 g/mol.